The third-order valence-corrected chi connectivity index (χ3v) is 6.61. The number of sulfonamides is 1. The first kappa shape index (κ1) is 15.5. The predicted octanol–water partition coefficient (Wildman–Crippen LogP) is 2.55. The molecule has 2 aromatic rings. The van der Waals surface area contributed by atoms with Crippen LogP contribution < -0.4 is 0 Å². The first-order valence-corrected chi connectivity index (χ1v) is 9.28. The summed E-state index contributed by atoms with van der Waals surface area (Å²) in [5, 5.41) is 9.91. The third kappa shape index (κ3) is 3.04. The van der Waals surface area contributed by atoms with Crippen molar-refractivity contribution in [2.24, 2.45) is 0 Å². The normalized spacial score (nSPS) is 20.2. The van der Waals surface area contributed by atoms with E-state index in [0.717, 1.165) is 22.9 Å². The molecular formula is C14H16FN3O2S2. The Hall–Kier alpha value is -1.38. The molecule has 1 fully saturated rings. The quantitative estimate of drug-likeness (QED) is 0.861. The van der Waals surface area contributed by atoms with Crippen molar-refractivity contribution < 1.29 is 12.8 Å². The lowest BCUT2D eigenvalue weighted by atomic mass is 10.0. The average Bonchev–Trinajstić information content (AvgIpc) is 2.94. The van der Waals surface area contributed by atoms with Gasteiger partial charge in [-0.3, -0.25) is 0 Å². The van der Waals surface area contributed by atoms with E-state index in [4.69, 9.17) is 0 Å². The molecule has 1 aliphatic rings. The van der Waals surface area contributed by atoms with Crippen molar-refractivity contribution in [2.75, 3.05) is 13.1 Å². The highest BCUT2D eigenvalue weighted by atomic mass is 32.2. The molecule has 0 spiro atoms. The molecular weight excluding hydrogens is 325 g/mol. The minimum atomic E-state index is -3.59. The van der Waals surface area contributed by atoms with Gasteiger partial charge < -0.3 is 0 Å². The Labute approximate surface area is 132 Å². The van der Waals surface area contributed by atoms with Gasteiger partial charge in [0, 0.05) is 19.0 Å². The Balaban J connectivity index is 1.83. The van der Waals surface area contributed by atoms with Crippen LogP contribution in [-0.2, 0) is 10.0 Å². The second-order valence-corrected chi connectivity index (χ2v) is 8.47. The molecule has 3 rings (SSSR count). The van der Waals surface area contributed by atoms with Gasteiger partial charge in [0.05, 0.1) is 4.90 Å². The number of aryl methyl sites for hydroxylation is 1. The van der Waals surface area contributed by atoms with Gasteiger partial charge in [-0.1, -0.05) is 0 Å². The summed E-state index contributed by atoms with van der Waals surface area (Å²) in [6, 6.07) is 4.96. The van der Waals surface area contributed by atoms with Crippen molar-refractivity contribution in [3.8, 4) is 0 Å². The fourth-order valence-corrected chi connectivity index (χ4v) is 4.94. The summed E-state index contributed by atoms with van der Waals surface area (Å²) < 4.78 is 39.7. The number of halogens is 1. The average molecular weight is 341 g/mol. The Morgan fingerprint density at radius 1 is 1.27 bits per heavy atom. The van der Waals surface area contributed by atoms with Crippen molar-refractivity contribution in [1.82, 2.24) is 14.5 Å². The SMILES string of the molecule is Cc1nnc([C@H]2CCCN(S(=O)(=O)c3ccc(F)cc3)C2)s1. The molecule has 1 saturated heterocycles. The van der Waals surface area contributed by atoms with Gasteiger partial charge in [0.1, 0.15) is 15.8 Å². The number of hydrogen-bond acceptors (Lipinski definition) is 5. The molecule has 0 unspecified atom stereocenters. The van der Waals surface area contributed by atoms with Crippen LogP contribution >= 0.6 is 11.3 Å². The molecule has 0 saturated carbocycles. The summed E-state index contributed by atoms with van der Waals surface area (Å²) in [4.78, 5) is 0.128. The summed E-state index contributed by atoms with van der Waals surface area (Å²) in [6.45, 7) is 2.76. The van der Waals surface area contributed by atoms with E-state index in [2.05, 4.69) is 10.2 Å². The molecule has 1 aliphatic heterocycles. The van der Waals surface area contributed by atoms with Crippen LogP contribution in [0.15, 0.2) is 29.2 Å². The largest absolute Gasteiger partial charge is 0.243 e. The highest BCUT2D eigenvalue weighted by molar-refractivity contribution is 7.89. The highest BCUT2D eigenvalue weighted by Crippen LogP contribution is 2.31. The Bertz CT molecular complexity index is 759. The van der Waals surface area contributed by atoms with Gasteiger partial charge in [-0.2, -0.15) is 4.31 Å². The van der Waals surface area contributed by atoms with E-state index >= 15 is 0 Å². The lowest BCUT2D eigenvalue weighted by molar-refractivity contribution is 0.314. The minimum Gasteiger partial charge on any atom is -0.207 e. The van der Waals surface area contributed by atoms with Gasteiger partial charge >= 0.3 is 0 Å². The number of piperidine rings is 1. The second-order valence-electron chi connectivity index (χ2n) is 5.32. The Morgan fingerprint density at radius 3 is 2.64 bits per heavy atom. The Kier molecular flexibility index (Phi) is 4.24. The van der Waals surface area contributed by atoms with Crippen LogP contribution in [0.5, 0.6) is 0 Å². The number of aromatic nitrogens is 2. The van der Waals surface area contributed by atoms with E-state index in [1.807, 2.05) is 6.92 Å². The third-order valence-electron chi connectivity index (χ3n) is 3.73. The zero-order valence-electron chi connectivity index (χ0n) is 12.1. The molecule has 1 aromatic heterocycles. The van der Waals surface area contributed by atoms with Crippen molar-refractivity contribution >= 4 is 21.4 Å². The zero-order chi connectivity index (χ0) is 15.7. The maximum atomic E-state index is 13.0. The van der Waals surface area contributed by atoms with Crippen LogP contribution in [0.2, 0.25) is 0 Å². The topological polar surface area (TPSA) is 63.2 Å². The van der Waals surface area contributed by atoms with Gasteiger partial charge in [0.25, 0.3) is 0 Å². The van der Waals surface area contributed by atoms with Crippen LogP contribution in [0.4, 0.5) is 4.39 Å². The molecule has 8 heteroatoms. The van der Waals surface area contributed by atoms with Gasteiger partial charge in [-0.05, 0) is 44.0 Å². The van der Waals surface area contributed by atoms with E-state index in [1.165, 1.54) is 39.9 Å². The molecule has 0 amide bonds. The van der Waals surface area contributed by atoms with E-state index < -0.39 is 15.8 Å². The van der Waals surface area contributed by atoms with E-state index in [0.29, 0.717) is 13.1 Å². The summed E-state index contributed by atoms with van der Waals surface area (Å²) in [6.07, 6.45) is 1.69. The van der Waals surface area contributed by atoms with E-state index in [1.54, 1.807) is 0 Å². The lowest BCUT2D eigenvalue weighted by Crippen LogP contribution is -2.39. The zero-order valence-corrected chi connectivity index (χ0v) is 13.7. The van der Waals surface area contributed by atoms with Crippen molar-refractivity contribution in [3.63, 3.8) is 0 Å². The van der Waals surface area contributed by atoms with Gasteiger partial charge in [-0.25, -0.2) is 12.8 Å². The van der Waals surface area contributed by atoms with Gasteiger partial charge in [0.2, 0.25) is 10.0 Å². The molecule has 5 nitrogen and oxygen atoms in total. The second kappa shape index (κ2) is 6.02. The molecule has 1 aromatic carbocycles. The molecule has 0 bridgehead atoms. The van der Waals surface area contributed by atoms with Crippen molar-refractivity contribution in [1.29, 1.82) is 0 Å². The summed E-state index contributed by atoms with van der Waals surface area (Å²) >= 11 is 1.51. The van der Waals surface area contributed by atoms with E-state index in [9.17, 15) is 12.8 Å². The first-order valence-electron chi connectivity index (χ1n) is 7.02. The standard InChI is InChI=1S/C14H16FN3O2S2/c1-10-16-17-14(21-10)11-3-2-8-18(9-11)22(19,20)13-6-4-12(15)5-7-13/h4-7,11H,2-3,8-9H2,1H3/t11-/m0/s1. The molecule has 118 valence electrons. The first-order chi connectivity index (χ1) is 10.5. The molecule has 2 heterocycles. The van der Waals surface area contributed by atoms with Crippen LogP contribution in [0, 0.1) is 12.7 Å². The monoisotopic (exact) mass is 341 g/mol. The number of rotatable bonds is 3. The van der Waals surface area contributed by atoms with Crippen LogP contribution in [0.1, 0.15) is 28.8 Å². The molecule has 0 aliphatic carbocycles. The summed E-state index contributed by atoms with van der Waals surface area (Å²) in [7, 11) is -3.59. The number of benzene rings is 1. The number of hydrogen-bond donors (Lipinski definition) is 0. The fraction of sp³-hybridized carbons (Fsp3) is 0.429. The van der Waals surface area contributed by atoms with Crippen LogP contribution in [0.3, 0.4) is 0 Å². The van der Waals surface area contributed by atoms with Gasteiger partial charge in [0.15, 0.2) is 0 Å². The Morgan fingerprint density at radius 2 is 2.00 bits per heavy atom. The van der Waals surface area contributed by atoms with E-state index in [-0.39, 0.29) is 10.8 Å². The fourth-order valence-electron chi connectivity index (χ4n) is 2.59. The smallest absolute Gasteiger partial charge is 0.207 e. The predicted molar refractivity (Wildman–Crippen MR) is 81.8 cm³/mol. The minimum absolute atomic E-state index is 0.0789. The molecule has 1 atom stereocenters. The maximum absolute atomic E-state index is 13.0. The van der Waals surface area contributed by atoms with Gasteiger partial charge in [-0.15, -0.1) is 21.5 Å². The lowest BCUT2D eigenvalue weighted by Gasteiger charge is -2.30. The summed E-state index contributed by atoms with van der Waals surface area (Å²) in [5.41, 5.74) is 0. The molecule has 0 N–H and O–H groups in total. The van der Waals surface area contributed by atoms with Crippen molar-refractivity contribution in [2.45, 2.75) is 30.6 Å². The summed E-state index contributed by atoms with van der Waals surface area (Å²) in [5.74, 6) is -0.366. The van der Waals surface area contributed by atoms with Crippen LogP contribution in [0.25, 0.3) is 0 Å². The van der Waals surface area contributed by atoms with Crippen molar-refractivity contribution in [3.05, 3.63) is 40.1 Å². The maximum Gasteiger partial charge on any atom is 0.243 e. The highest BCUT2D eigenvalue weighted by Gasteiger charge is 2.32. The van der Waals surface area contributed by atoms with Crippen LogP contribution in [-0.4, -0.2) is 36.0 Å². The number of nitrogens with zero attached hydrogens (tertiary/aromatic N) is 3. The molecule has 22 heavy (non-hydrogen) atoms. The molecule has 0 radical (unpaired) electrons.